The summed E-state index contributed by atoms with van der Waals surface area (Å²) in [7, 11) is 0. The molecule has 1 atom stereocenters. The van der Waals surface area contributed by atoms with Crippen molar-refractivity contribution in [2.75, 3.05) is 18.5 Å². The molecule has 1 unspecified atom stereocenters. The number of nitrogens with zero attached hydrogens (tertiary/aromatic N) is 2. The number of thiazole rings is 1. The van der Waals surface area contributed by atoms with Crippen LogP contribution in [0.25, 0.3) is 11.3 Å². The van der Waals surface area contributed by atoms with E-state index in [9.17, 15) is 4.79 Å². The SMILES string of the molecule is O=C1COc2ccc(-c3csc(=Nc4ccc(Cl)c(Cl)c4)n3CC3CCCO3)cc2N1. The largest absolute Gasteiger partial charge is 0.482 e. The maximum atomic E-state index is 11.7. The highest BCUT2D eigenvalue weighted by Gasteiger charge is 2.21. The van der Waals surface area contributed by atoms with Crippen LogP contribution < -0.4 is 14.9 Å². The molecule has 1 saturated heterocycles. The van der Waals surface area contributed by atoms with Crippen molar-refractivity contribution in [1.82, 2.24) is 4.57 Å². The number of amides is 1. The van der Waals surface area contributed by atoms with Gasteiger partial charge in [0, 0.05) is 17.6 Å². The number of fused-ring (bicyclic) bond motifs is 1. The van der Waals surface area contributed by atoms with Gasteiger partial charge in [0.1, 0.15) is 5.75 Å². The highest BCUT2D eigenvalue weighted by atomic mass is 35.5. The molecule has 3 heterocycles. The second kappa shape index (κ2) is 8.67. The topological polar surface area (TPSA) is 64.8 Å². The maximum absolute atomic E-state index is 11.7. The van der Waals surface area contributed by atoms with E-state index in [-0.39, 0.29) is 18.6 Å². The van der Waals surface area contributed by atoms with Gasteiger partial charge in [-0.15, -0.1) is 11.3 Å². The minimum Gasteiger partial charge on any atom is -0.482 e. The Labute approximate surface area is 193 Å². The molecule has 9 heteroatoms. The Morgan fingerprint density at radius 1 is 1.19 bits per heavy atom. The van der Waals surface area contributed by atoms with Gasteiger partial charge < -0.3 is 19.4 Å². The zero-order chi connectivity index (χ0) is 21.4. The summed E-state index contributed by atoms with van der Waals surface area (Å²) >= 11 is 13.8. The quantitative estimate of drug-likeness (QED) is 0.559. The molecule has 0 saturated carbocycles. The summed E-state index contributed by atoms with van der Waals surface area (Å²) in [4.78, 5) is 17.4. The van der Waals surface area contributed by atoms with Crippen LogP contribution in [0.2, 0.25) is 10.0 Å². The molecular weight excluding hydrogens is 457 g/mol. The number of ether oxygens (including phenoxy) is 2. The highest BCUT2D eigenvalue weighted by Crippen LogP contribution is 2.33. The van der Waals surface area contributed by atoms with E-state index in [0.717, 1.165) is 41.2 Å². The number of carbonyl (C=O) groups excluding carboxylic acids is 1. The van der Waals surface area contributed by atoms with E-state index in [2.05, 4.69) is 15.3 Å². The number of anilines is 1. The number of halogens is 2. The van der Waals surface area contributed by atoms with Crippen molar-refractivity contribution in [2.45, 2.75) is 25.5 Å². The van der Waals surface area contributed by atoms with Crippen LogP contribution in [-0.2, 0) is 16.1 Å². The Morgan fingerprint density at radius 3 is 2.90 bits per heavy atom. The lowest BCUT2D eigenvalue weighted by atomic mass is 10.1. The molecule has 6 nitrogen and oxygen atoms in total. The smallest absolute Gasteiger partial charge is 0.262 e. The van der Waals surface area contributed by atoms with Gasteiger partial charge in [0.25, 0.3) is 5.91 Å². The number of nitrogens with one attached hydrogen (secondary N) is 1. The lowest BCUT2D eigenvalue weighted by Crippen LogP contribution is -2.25. The number of rotatable bonds is 4. The predicted molar refractivity (Wildman–Crippen MR) is 123 cm³/mol. The molecule has 0 radical (unpaired) electrons. The van der Waals surface area contributed by atoms with Gasteiger partial charge in [0.15, 0.2) is 11.4 Å². The van der Waals surface area contributed by atoms with Crippen molar-refractivity contribution in [3.63, 3.8) is 0 Å². The molecule has 1 aromatic heterocycles. The number of benzene rings is 2. The van der Waals surface area contributed by atoms with Gasteiger partial charge in [-0.3, -0.25) is 4.79 Å². The van der Waals surface area contributed by atoms with E-state index >= 15 is 0 Å². The summed E-state index contributed by atoms with van der Waals surface area (Å²) in [5.41, 5.74) is 3.37. The number of aromatic nitrogens is 1. The van der Waals surface area contributed by atoms with E-state index < -0.39 is 0 Å². The molecule has 2 aliphatic rings. The fraction of sp³-hybridized carbons (Fsp3) is 0.273. The van der Waals surface area contributed by atoms with E-state index in [4.69, 9.17) is 37.7 Å². The number of hydrogen-bond donors (Lipinski definition) is 1. The van der Waals surface area contributed by atoms with Crippen molar-refractivity contribution in [3.8, 4) is 17.0 Å². The Hall–Kier alpha value is -2.32. The minimum atomic E-state index is -0.155. The molecule has 1 fully saturated rings. The molecule has 160 valence electrons. The maximum Gasteiger partial charge on any atom is 0.262 e. The normalized spacial score (nSPS) is 18.6. The third-order valence-corrected chi connectivity index (χ3v) is 6.85. The molecule has 2 aliphatic heterocycles. The van der Waals surface area contributed by atoms with Crippen LogP contribution >= 0.6 is 34.5 Å². The Morgan fingerprint density at radius 2 is 2.10 bits per heavy atom. The summed E-state index contributed by atoms with van der Waals surface area (Å²) < 4.78 is 13.5. The molecule has 0 bridgehead atoms. The van der Waals surface area contributed by atoms with E-state index in [1.54, 1.807) is 23.5 Å². The van der Waals surface area contributed by atoms with E-state index in [1.165, 1.54) is 0 Å². The van der Waals surface area contributed by atoms with Crippen LogP contribution in [0.5, 0.6) is 5.75 Å². The average Bonchev–Trinajstić information content (AvgIpc) is 3.41. The minimum absolute atomic E-state index is 0.0382. The Bertz CT molecular complexity index is 1210. The first kappa shape index (κ1) is 20.6. The lowest BCUT2D eigenvalue weighted by molar-refractivity contribution is -0.118. The summed E-state index contributed by atoms with van der Waals surface area (Å²) in [5.74, 6) is 0.516. The summed E-state index contributed by atoms with van der Waals surface area (Å²) in [6.07, 6.45) is 2.22. The first-order valence-electron chi connectivity index (χ1n) is 9.93. The summed E-state index contributed by atoms with van der Waals surface area (Å²) in [6.45, 7) is 1.52. The standard InChI is InChI=1S/C22H19Cl2N3O3S/c23-16-5-4-14(9-17(16)24)25-22-27(10-15-2-1-7-29-15)19(12-31-22)13-3-6-20-18(8-13)26-21(28)11-30-20/h3-6,8-9,12,15H,1-2,7,10-11H2,(H,26,28). The van der Waals surface area contributed by atoms with Crippen molar-refractivity contribution in [1.29, 1.82) is 0 Å². The fourth-order valence-electron chi connectivity index (χ4n) is 3.73. The molecular formula is C22H19Cl2N3O3S. The number of carbonyl (C=O) groups is 1. The van der Waals surface area contributed by atoms with Crippen LogP contribution in [0.4, 0.5) is 11.4 Å². The van der Waals surface area contributed by atoms with Gasteiger partial charge in [-0.25, -0.2) is 4.99 Å². The Kier molecular flexibility index (Phi) is 5.75. The second-order valence-electron chi connectivity index (χ2n) is 7.41. The first-order chi connectivity index (χ1) is 15.1. The third kappa shape index (κ3) is 4.36. The van der Waals surface area contributed by atoms with Crippen LogP contribution in [-0.4, -0.2) is 29.8 Å². The fourth-order valence-corrected chi connectivity index (χ4v) is 4.96. The summed E-state index contributed by atoms with van der Waals surface area (Å²) in [5, 5.41) is 5.91. The molecule has 5 rings (SSSR count). The van der Waals surface area contributed by atoms with Gasteiger partial charge in [0.05, 0.1) is 39.8 Å². The molecule has 0 aliphatic carbocycles. The summed E-state index contributed by atoms with van der Waals surface area (Å²) in [6, 6.07) is 11.2. The first-order valence-corrected chi connectivity index (χ1v) is 11.6. The molecule has 0 spiro atoms. The predicted octanol–water partition coefficient (Wildman–Crippen LogP) is 5.27. The van der Waals surface area contributed by atoms with E-state index in [1.807, 2.05) is 24.3 Å². The highest BCUT2D eigenvalue weighted by molar-refractivity contribution is 7.07. The Balaban J connectivity index is 1.59. The van der Waals surface area contributed by atoms with Crippen molar-refractivity contribution >= 4 is 51.8 Å². The van der Waals surface area contributed by atoms with Crippen molar-refractivity contribution < 1.29 is 14.3 Å². The van der Waals surface area contributed by atoms with Gasteiger partial charge in [-0.2, -0.15) is 0 Å². The molecule has 31 heavy (non-hydrogen) atoms. The van der Waals surface area contributed by atoms with Gasteiger partial charge in [-0.1, -0.05) is 23.2 Å². The zero-order valence-corrected chi connectivity index (χ0v) is 18.8. The average molecular weight is 476 g/mol. The molecule has 2 aromatic carbocycles. The second-order valence-corrected chi connectivity index (χ2v) is 9.06. The van der Waals surface area contributed by atoms with Crippen LogP contribution in [0.3, 0.4) is 0 Å². The van der Waals surface area contributed by atoms with Gasteiger partial charge >= 0.3 is 0 Å². The van der Waals surface area contributed by atoms with Crippen molar-refractivity contribution in [2.24, 2.45) is 4.99 Å². The van der Waals surface area contributed by atoms with Crippen LogP contribution in [0.15, 0.2) is 46.8 Å². The molecule has 1 N–H and O–H groups in total. The monoisotopic (exact) mass is 475 g/mol. The number of hydrogen-bond acceptors (Lipinski definition) is 5. The van der Waals surface area contributed by atoms with Crippen LogP contribution in [0, 0.1) is 0 Å². The van der Waals surface area contributed by atoms with Crippen LogP contribution in [0.1, 0.15) is 12.8 Å². The molecule has 1 amide bonds. The lowest BCUT2D eigenvalue weighted by Gasteiger charge is -2.19. The van der Waals surface area contributed by atoms with Gasteiger partial charge in [0.2, 0.25) is 0 Å². The van der Waals surface area contributed by atoms with E-state index in [0.29, 0.717) is 28.0 Å². The molecule has 3 aromatic rings. The van der Waals surface area contributed by atoms with Crippen molar-refractivity contribution in [3.05, 3.63) is 56.6 Å². The zero-order valence-electron chi connectivity index (χ0n) is 16.4. The third-order valence-electron chi connectivity index (χ3n) is 5.24. The van der Waals surface area contributed by atoms with Gasteiger partial charge in [-0.05, 0) is 49.2 Å².